The molecular weight excluding hydrogens is 313 g/mol. The Labute approximate surface area is 132 Å². The monoisotopic (exact) mass is 327 g/mol. The van der Waals surface area contributed by atoms with Gasteiger partial charge >= 0.3 is 5.97 Å². The number of nitrogens with zero attached hydrogens (tertiary/aromatic N) is 1. The molecule has 2 fully saturated rings. The summed E-state index contributed by atoms with van der Waals surface area (Å²) in [7, 11) is 0. The molecule has 0 radical (unpaired) electrons. The number of hydrogen-bond donors (Lipinski definition) is 1. The largest absolute Gasteiger partial charge is 0.480 e. The SMILES string of the molecule is O=C(O)CN(C(=O)C1CC1c1ccc(Cl)cc1Cl)C1CC1. The number of halogens is 2. The Bertz CT molecular complexity index is 601. The molecule has 1 amide bonds. The van der Waals surface area contributed by atoms with Crippen LogP contribution in [0.5, 0.6) is 0 Å². The highest BCUT2D eigenvalue weighted by Gasteiger charge is 2.49. The number of carbonyl (C=O) groups is 2. The van der Waals surface area contributed by atoms with E-state index in [1.807, 2.05) is 6.07 Å². The standard InChI is InChI=1S/C15H15Cl2NO3/c16-8-1-4-10(13(17)5-8)11-6-12(11)15(21)18(7-14(19)20)9-2-3-9/h1,4-5,9,11-12H,2-3,6-7H2,(H,19,20). The number of carboxylic acids is 1. The Morgan fingerprint density at radius 2 is 2.00 bits per heavy atom. The smallest absolute Gasteiger partial charge is 0.323 e. The van der Waals surface area contributed by atoms with Gasteiger partial charge in [-0.3, -0.25) is 9.59 Å². The van der Waals surface area contributed by atoms with Crippen molar-refractivity contribution in [3.05, 3.63) is 33.8 Å². The van der Waals surface area contributed by atoms with Gasteiger partial charge in [0.1, 0.15) is 6.54 Å². The van der Waals surface area contributed by atoms with Gasteiger partial charge < -0.3 is 10.0 Å². The van der Waals surface area contributed by atoms with Crippen LogP contribution in [0.2, 0.25) is 10.0 Å². The lowest BCUT2D eigenvalue weighted by Gasteiger charge is -2.20. The molecule has 3 rings (SSSR count). The van der Waals surface area contributed by atoms with Gasteiger partial charge in [-0.15, -0.1) is 0 Å². The topological polar surface area (TPSA) is 57.6 Å². The van der Waals surface area contributed by atoms with Gasteiger partial charge in [-0.05, 0) is 42.9 Å². The molecule has 2 aliphatic rings. The van der Waals surface area contributed by atoms with Gasteiger partial charge in [0.2, 0.25) is 5.91 Å². The summed E-state index contributed by atoms with van der Waals surface area (Å²) in [6.45, 7) is -0.207. The quantitative estimate of drug-likeness (QED) is 0.903. The number of amides is 1. The molecule has 0 bridgehead atoms. The Kier molecular flexibility index (Phi) is 3.84. The van der Waals surface area contributed by atoms with Crippen LogP contribution in [0.25, 0.3) is 0 Å². The van der Waals surface area contributed by atoms with E-state index in [0.29, 0.717) is 10.0 Å². The average molecular weight is 328 g/mol. The second-order valence-electron chi connectivity index (χ2n) is 5.71. The number of hydrogen-bond acceptors (Lipinski definition) is 2. The van der Waals surface area contributed by atoms with E-state index in [9.17, 15) is 9.59 Å². The molecule has 0 aromatic heterocycles. The summed E-state index contributed by atoms with van der Waals surface area (Å²) >= 11 is 12.0. The number of benzene rings is 1. The zero-order chi connectivity index (χ0) is 15.1. The summed E-state index contributed by atoms with van der Waals surface area (Å²) in [6.07, 6.45) is 2.53. The van der Waals surface area contributed by atoms with E-state index >= 15 is 0 Å². The van der Waals surface area contributed by atoms with Crippen molar-refractivity contribution in [2.75, 3.05) is 6.54 Å². The normalized spacial score (nSPS) is 23.7. The Balaban J connectivity index is 1.71. The van der Waals surface area contributed by atoms with Crippen molar-refractivity contribution >= 4 is 35.1 Å². The van der Waals surface area contributed by atoms with Crippen molar-refractivity contribution in [2.24, 2.45) is 5.92 Å². The molecular formula is C15H15Cl2NO3. The highest BCUT2D eigenvalue weighted by atomic mass is 35.5. The number of carbonyl (C=O) groups excluding carboxylic acids is 1. The van der Waals surface area contributed by atoms with Crippen molar-refractivity contribution in [2.45, 2.75) is 31.2 Å². The average Bonchev–Trinajstić information content (AvgIpc) is 3.27. The van der Waals surface area contributed by atoms with Crippen LogP contribution >= 0.6 is 23.2 Å². The minimum absolute atomic E-state index is 0.0593. The molecule has 21 heavy (non-hydrogen) atoms. The van der Waals surface area contributed by atoms with E-state index in [-0.39, 0.29) is 30.3 Å². The lowest BCUT2D eigenvalue weighted by atomic mass is 10.1. The summed E-state index contributed by atoms with van der Waals surface area (Å²) in [5.74, 6) is -1.09. The van der Waals surface area contributed by atoms with Gasteiger partial charge in [0.05, 0.1) is 0 Å². The minimum Gasteiger partial charge on any atom is -0.480 e. The Hall–Kier alpha value is -1.26. The fourth-order valence-electron chi connectivity index (χ4n) is 2.75. The third kappa shape index (κ3) is 3.16. The molecule has 0 saturated heterocycles. The molecule has 1 aromatic carbocycles. The van der Waals surface area contributed by atoms with Crippen LogP contribution < -0.4 is 0 Å². The van der Waals surface area contributed by atoms with Crippen LogP contribution in [0.1, 0.15) is 30.7 Å². The fraction of sp³-hybridized carbons (Fsp3) is 0.467. The van der Waals surface area contributed by atoms with Crippen molar-refractivity contribution in [3.63, 3.8) is 0 Å². The van der Waals surface area contributed by atoms with Crippen LogP contribution in [-0.4, -0.2) is 34.5 Å². The van der Waals surface area contributed by atoms with Gasteiger partial charge in [-0.25, -0.2) is 0 Å². The van der Waals surface area contributed by atoms with Crippen LogP contribution in [0.15, 0.2) is 18.2 Å². The minimum atomic E-state index is -0.961. The number of rotatable bonds is 5. The van der Waals surface area contributed by atoms with Gasteiger partial charge in [0, 0.05) is 22.0 Å². The molecule has 2 unspecified atom stereocenters. The molecule has 1 N–H and O–H groups in total. The first-order valence-corrected chi connectivity index (χ1v) is 7.70. The maximum atomic E-state index is 12.5. The molecule has 4 nitrogen and oxygen atoms in total. The molecule has 1 aromatic rings. The Morgan fingerprint density at radius 1 is 1.29 bits per heavy atom. The molecule has 0 aliphatic heterocycles. The van der Waals surface area contributed by atoms with Gasteiger partial charge in [-0.2, -0.15) is 0 Å². The van der Waals surface area contributed by atoms with E-state index in [1.165, 1.54) is 4.90 Å². The van der Waals surface area contributed by atoms with Crippen LogP contribution in [0, 0.1) is 5.92 Å². The molecule has 0 heterocycles. The second kappa shape index (κ2) is 5.50. The van der Waals surface area contributed by atoms with Gasteiger partial charge in [0.25, 0.3) is 0 Å². The summed E-state index contributed by atoms with van der Waals surface area (Å²) in [5, 5.41) is 10.1. The summed E-state index contributed by atoms with van der Waals surface area (Å²) in [5.41, 5.74) is 0.922. The van der Waals surface area contributed by atoms with Gasteiger partial charge in [0.15, 0.2) is 0 Å². The highest BCUT2D eigenvalue weighted by molar-refractivity contribution is 6.35. The van der Waals surface area contributed by atoms with Crippen LogP contribution in [0.4, 0.5) is 0 Å². The maximum Gasteiger partial charge on any atom is 0.323 e. The van der Waals surface area contributed by atoms with E-state index < -0.39 is 5.97 Å². The lowest BCUT2D eigenvalue weighted by Crippen LogP contribution is -2.38. The fourth-order valence-corrected chi connectivity index (χ4v) is 3.29. The molecule has 2 aliphatic carbocycles. The molecule has 2 saturated carbocycles. The molecule has 112 valence electrons. The van der Waals surface area contributed by atoms with E-state index in [0.717, 1.165) is 24.8 Å². The first kappa shape index (κ1) is 14.7. The van der Waals surface area contributed by atoms with E-state index in [4.69, 9.17) is 28.3 Å². The number of aliphatic carboxylic acids is 1. The van der Waals surface area contributed by atoms with Crippen LogP contribution in [0.3, 0.4) is 0 Å². The van der Waals surface area contributed by atoms with E-state index in [1.54, 1.807) is 12.1 Å². The number of carboxylic acid groups (broad SMARTS) is 1. The van der Waals surface area contributed by atoms with Crippen molar-refractivity contribution in [1.29, 1.82) is 0 Å². The summed E-state index contributed by atoms with van der Waals surface area (Å²) in [6, 6.07) is 5.39. The Morgan fingerprint density at radius 3 is 2.57 bits per heavy atom. The van der Waals surface area contributed by atoms with Crippen molar-refractivity contribution in [3.8, 4) is 0 Å². The van der Waals surface area contributed by atoms with E-state index in [2.05, 4.69) is 0 Å². The van der Waals surface area contributed by atoms with Gasteiger partial charge in [-0.1, -0.05) is 29.3 Å². The van der Waals surface area contributed by atoms with Crippen molar-refractivity contribution in [1.82, 2.24) is 4.90 Å². The molecule has 2 atom stereocenters. The predicted molar refractivity (Wildman–Crippen MR) is 79.7 cm³/mol. The summed E-state index contributed by atoms with van der Waals surface area (Å²) < 4.78 is 0. The first-order valence-electron chi connectivity index (χ1n) is 6.94. The lowest BCUT2D eigenvalue weighted by molar-refractivity contribution is -0.145. The summed E-state index contributed by atoms with van der Waals surface area (Å²) in [4.78, 5) is 24.9. The predicted octanol–water partition coefficient (Wildman–Crippen LogP) is 3.17. The first-order chi connectivity index (χ1) is 9.97. The third-order valence-electron chi connectivity index (χ3n) is 4.05. The third-order valence-corrected chi connectivity index (χ3v) is 4.61. The second-order valence-corrected chi connectivity index (χ2v) is 6.55. The zero-order valence-electron chi connectivity index (χ0n) is 11.3. The van der Waals surface area contributed by atoms with Crippen LogP contribution in [-0.2, 0) is 9.59 Å². The highest BCUT2D eigenvalue weighted by Crippen LogP contribution is 2.51. The maximum absolute atomic E-state index is 12.5. The molecule has 0 spiro atoms. The molecule has 6 heteroatoms. The van der Waals surface area contributed by atoms with Crippen molar-refractivity contribution < 1.29 is 14.7 Å². The zero-order valence-corrected chi connectivity index (χ0v) is 12.8.